The fraction of sp³-hybridized carbons (Fsp3) is 0.429. The summed E-state index contributed by atoms with van der Waals surface area (Å²) >= 11 is 0. The normalized spacial score (nSPS) is 13.5. The lowest BCUT2D eigenvalue weighted by molar-refractivity contribution is 0.117. The third-order valence-corrected chi connectivity index (χ3v) is 1.24. The molecule has 0 spiro atoms. The van der Waals surface area contributed by atoms with Gasteiger partial charge in [-0.25, -0.2) is 4.39 Å². The van der Waals surface area contributed by atoms with E-state index in [4.69, 9.17) is 9.52 Å². The van der Waals surface area contributed by atoms with Crippen LogP contribution in [0.25, 0.3) is 0 Å². The molecule has 0 aromatic carbocycles. The van der Waals surface area contributed by atoms with E-state index in [0.717, 1.165) is 0 Å². The van der Waals surface area contributed by atoms with Gasteiger partial charge in [-0.15, -0.1) is 0 Å². The molecule has 1 aromatic rings. The largest absolute Gasteiger partial charge is 0.464 e. The average Bonchev–Trinajstić information content (AvgIpc) is 2.34. The molecule has 1 unspecified atom stereocenters. The number of aliphatic hydroxyl groups excluding tert-OH is 1. The Labute approximate surface area is 58.3 Å². The Morgan fingerprint density at radius 1 is 1.70 bits per heavy atom. The van der Waals surface area contributed by atoms with Gasteiger partial charge in [0.05, 0.1) is 0 Å². The molecule has 0 radical (unpaired) electrons. The van der Waals surface area contributed by atoms with Crippen LogP contribution in [0.15, 0.2) is 16.5 Å². The van der Waals surface area contributed by atoms with Crippen LogP contribution in [-0.4, -0.2) is 11.8 Å². The topological polar surface area (TPSA) is 33.4 Å². The van der Waals surface area contributed by atoms with Gasteiger partial charge in [0.1, 0.15) is 24.3 Å². The number of hydrogen-bond donors (Lipinski definition) is 1. The number of hydrogen-bond acceptors (Lipinski definition) is 2. The summed E-state index contributed by atoms with van der Waals surface area (Å²) in [4.78, 5) is 0. The Bertz CT molecular complexity index is 207. The van der Waals surface area contributed by atoms with Crippen molar-refractivity contribution in [1.82, 2.24) is 0 Å². The first-order valence-electron chi connectivity index (χ1n) is 3.04. The predicted molar refractivity (Wildman–Crippen MR) is 34.4 cm³/mol. The van der Waals surface area contributed by atoms with Crippen LogP contribution in [-0.2, 0) is 0 Å². The zero-order chi connectivity index (χ0) is 7.56. The van der Waals surface area contributed by atoms with E-state index < -0.39 is 12.8 Å². The summed E-state index contributed by atoms with van der Waals surface area (Å²) < 4.78 is 16.7. The van der Waals surface area contributed by atoms with Gasteiger partial charge in [-0.1, -0.05) is 0 Å². The van der Waals surface area contributed by atoms with Crippen LogP contribution >= 0.6 is 0 Å². The molecule has 1 atom stereocenters. The van der Waals surface area contributed by atoms with Crippen molar-refractivity contribution in [3.8, 4) is 0 Å². The van der Waals surface area contributed by atoms with Gasteiger partial charge in [0.25, 0.3) is 0 Å². The van der Waals surface area contributed by atoms with Crippen molar-refractivity contribution in [2.45, 2.75) is 13.0 Å². The molecule has 10 heavy (non-hydrogen) atoms. The quantitative estimate of drug-likeness (QED) is 0.683. The van der Waals surface area contributed by atoms with Gasteiger partial charge < -0.3 is 9.52 Å². The Kier molecular flexibility index (Phi) is 2.06. The van der Waals surface area contributed by atoms with E-state index in [2.05, 4.69) is 0 Å². The number of rotatable bonds is 2. The monoisotopic (exact) mass is 144 g/mol. The standard InChI is InChI=1S/C7H9FO2/c1-5-2-3-7(10-5)6(9)4-8/h2-3,6,9H,4H2,1H3. The van der Waals surface area contributed by atoms with Crippen molar-refractivity contribution in [3.63, 3.8) is 0 Å². The minimum Gasteiger partial charge on any atom is -0.464 e. The number of alkyl halides is 1. The summed E-state index contributed by atoms with van der Waals surface area (Å²) in [7, 11) is 0. The van der Waals surface area contributed by atoms with E-state index >= 15 is 0 Å². The summed E-state index contributed by atoms with van der Waals surface area (Å²) in [6.45, 7) is 0.946. The number of furan rings is 1. The molecule has 0 aliphatic heterocycles. The van der Waals surface area contributed by atoms with Crippen molar-refractivity contribution in [3.05, 3.63) is 23.7 Å². The van der Waals surface area contributed by atoms with Crippen LogP contribution in [0.4, 0.5) is 4.39 Å². The van der Waals surface area contributed by atoms with Crippen LogP contribution in [0, 0.1) is 6.92 Å². The first-order valence-corrected chi connectivity index (χ1v) is 3.04. The summed E-state index contributed by atoms with van der Waals surface area (Å²) in [6, 6.07) is 3.26. The number of aryl methyl sites for hydroxylation is 1. The van der Waals surface area contributed by atoms with Gasteiger partial charge >= 0.3 is 0 Å². The zero-order valence-electron chi connectivity index (χ0n) is 5.67. The lowest BCUT2D eigenvalue weighted by Crippen LogP contribution is -1.96. The third kappa shape index (κ3) is 1.36. The second kappa shape index (κ2) is 2.84. The van der Waals surface area contributed by atoms with Gasteiger partial charge in [-0.3, -0.25) is 0 Å². The van der Waals surface area contributed by atoms with Crippen LogP contribution in [0.2, 0.25) is 0 Å². The zero-order valence-corrected chi connectivity index (χ0v) is 5.67. The highest BCUT2D eigenvalue weighted by molar-refractivity contribution is 5.07. The number of aliphatic hydroxyl groups is 1. The average molecular weight is 144 g/mol. The van der Waals surface area contributed by atoms with E-state index in [1.165, 1.54) is 0 Å². The Morgan fingerprint density at radius 3 is 2.80 bits per heavy atom. The van der Waals surface area contributed by atoms with Crippen molar-refractivity contribution >= 4 is 0 Å². The van der Waals surface area contributed by atoms with E-state index in [-0.39, 0.29) is 0 Å². The molecule has 0 fully saturated rings. The van der Waals surface area contributed by atoms with Crippen LogP contribution in [0.5, 0.6) is 0 Å². The fourth-order valence-electron chi connectivity index (χ4n) is 0.709. The lowest BCUT2D eigenvalue weighted by Gasteiger charge is -1.99. The molecule has 1 rings (SSSR count). The minimum absolute atomic E-state index is 0.292. The number of halogens is 1. The van der Waals surface area contributed by atoms with Crippen LogP contribution < -0.4 is 0 Å². The van der Waals surface area contributed by atoms with Crippen molar-refractivity contribution < 1.29 is 13.9 Å². The molecule has 0 saturated heterocycles. The SMILES string of the molecule is Cc1ccc(C(O)CF)o1. The molecule has 3 heteroatoms. The van der Waals surface area contributed by atoms with Gasteiger partial charge in [0, 0.05) is 0 Å². The van der Waals surface area contributed by atoms with Gasteiger partial charge in [0.2, 0.25) is 0 Å². The van der Waals surface area contributed by atoms with E-state index in [1.54, 1.807) is 19.1 Å². The van der Waals surface area contributed by atoms with Crippen molar-refractivity contribution in [1.29, 1.82) is 0 Å². The first kappa shape index (κ1) is 7.28. The van der Waals surface area contributed by atoms with Gasteiger partial charge in [-0.05, 0) is 19.1 Å². The molecule has 1 aromatic heterocycles. The highest BCUT2D eigenvalue weighted by atomic mass is 19.1. The highest BCUT2D eigenvalue weighted by Crippen LogP contribution is 2.15. The smallest absolute Gasteiger partial charge is 0.140 e. The molecule has 2 nitrogen and oxygen atoms in total. The lowest BCUT2D eigenvalue weighted by atomic mass is 10.3. The highest BCUT2D eigenvalue weighted by Gasteiger charge is 2.09. The van der Waals surface area contributed by atoms with Gasteiger partial charge in [-0.2, -0.15) is 0 Å². The molecule has 0 aliphatic carbocycles. The van der Waals surface area contributed by atoms with Crippen molar-refractivity contribution in [2.75, 3.05) is 6.67 Å². The maximum Gasteiger partial charge on any atom is 0.140 e. The molecule has 56 valence electrons. The Balaban J connectivity index is 2.74. The molecule has 0 saturated carbocycles. The van der Waals surface area contributed by atoms with Crippen LogP contribution in [0.3, 0.4) is 0 Å². The Hall–Kier alpha value is -0.830. The molecule has 0 bridgehead atoms. The Morgan fingerprint density at radius 2 is 2.40 bits per heavy atom. The fourth-order valence-corrected chi connectivity index (χ4v) is 0.709. The maximum atomic E-state index is 11.8. The molecule has 0 aliphatic rings. The minimum atomic E-state index is -1.10. The second-order valence-corrected chi connectivity index (χ2v) is 2.12. The summed E-state index contributed by atoms with van der Waals surface area (Å²) in [5.41, 5.74) is 0. The first-order chi connectivity index (χ1) is 4.74. The van der Waals surface area contributed by atoms with E-state index in [9.17, 15) is 4.39 Å². The molecule has 0 amide bonds. The molecule has 1 N–H and O–H groups in total. The van der Waals surface area contributed by atoms with Gasteiger partial charge in [0.15, 0.2) is 0 Å². The molecule has 1 heterocycles. The molecular formula is C7H9FO2. The van der Waals surface area contributed by atoms with Crippen LogP contribution in [0.1, 0.15) is 17.6 Å². The molecular weight excluding hydrogens is 135 g/mol. The van der Waals surface area contributed by atoms with E-state index in [0.29, 0.717) is 11.5 Å². The predicted octanol–water partition coefficient (Wildman–Crippen LogP) is 1.59. The second-order valence-electron chi connectivity index (χ2n) is 2.12. The van der Waals surface area contributed by atoms with Crippen molar-refractivity contribution in [2.24, 2.45) is 0 Å². The third-order valence-electron chi connectivity index (χ3n) is 1.24. The summed E-state index contributed by atoms with van der Waals surface area (Å²) in [5.74, 6) is 0.975. The summed E-state index contributed by atoms with van der Waals surface area (Å²) in [6.07, 6.45) is -1.10. The maximum absolute atomic E-state index is 11.8. The van der Waals surface area contributed by atoms with E-state index in [1.807, 2.05) is 0 Å². The summed E-state index contributed by atoms with van der Waals surface area (Å²) in [5, 5.41) is 8.87.